The molecule has 1 aliphatic rings. The van der Waals surface area contributed by atoms with Gasteiger partial charge in [0.05, 0.1) is 19.3 Å². The molecule has 1 unspecified atom stereocenters. The van der Waals surface area contributed by atoms with Crippen molar-refractivity contribution in [2.24, 2.45) is 0 Å². The highest BCUT2D eigenvalue weighted by Gasteiger charge is 2.23. The van der Waals surface area contributed by atoms with E-state index in [4.69, 9.17) is 4.74 Å². The number of ether oxygens (including phenoxy) is 2. The number of rotatable bonds is 4. The first kappa shape index (κ1) is 14.0. The van der Waals surface area contributed by atoms with Crippen molar-refractivity contribution in [3.05, 3.63) is 59.7 Å². The van der Waals surface area contributed by atoms with Gasteiger partial charge in [-0.25, -0.2) is 4.79 Å². The highest BCUT2D eigenvalue weighted by molar-refractivity contribution is 7.99. The Morgan fingerprint density at radius 3 is 2.71 bits per heavy atom. The van der Waals surface area contributed by atoms with Crippen molar-refractivity contribution in [1.29, 1.82) is 0 Å². The monoisotopic (exact) mass is 300 g/mol. The van der Waals surface area contributed by atoms with Crippen LogP contribution >= 0.6 is 11.8 Å². The van der Waals surface area contributed by atoms with E-state index in [1.54, 1.807) is 24.3 Å². The van der Waals surface area contributed by atoms with Crippen molar-refractivity contribution in [2.75, 3.05) is 19.5 Å². The van der Waals surface area contributed by atoms with Crippen LogP contribution in [-0.4, -0.2) is 25.4 Å². The Morgan fingerprint density at radius 2 is 1.95 bits per heavy atom. The number of hydrogen-bond acceptors (Lipinski definition) is 4. The standard InChI is InChI=1S/C17H16O3S/c1-19-17(18)12-6-8-14(9-7-12)20-10-13-11-21-16-5-3-2-4-15(13)16/h2-9,13H,10-11H2,1H3. The second-order valence-corrected chi connectivity index (χ2v) is 5.93. The smallest absolute Gasteiger partial charge is 0.337 e. The molecule has 0 radical (unpaired) electrons. The van der Waals surface area contributed by atoms with Gasteiger partial charge in [0.15, 0.2) is 0 Å². The number of hydrogen-bond donors (Lipinski definition) is 0. The summed E-state index contributed by atoms with van der Waals surface area (Å²) in [4.78, 5) is 12.7. The SMILES string of the molecule is COC(=O)c1ccc(OCC2CSc3ccccc32)cc1. The Balaban J connectivity index is 1.62. The normalized spacial score (nSPS) is 16.3. The third-order valence-corrected chi connectivity index (χ3v) is 4.78. The molecule has 3 nitrogen and oxygen atoms in total. The molecule has 0 spiro atoms. The summed E-state index contributed by atoms with van der Waals surface area (Å²) in [7, 11) is 1.38. The van der Waals surface area contributed by atoms with E-state index in [9.17, 15) is 4.79 Å². The Kier molecular flexibility index (Phi) is 4.15. The van der Waals surface area contributed by atoms with Crippen molar-refractivity contribution < 1.29 is 14.3 Å². The van der Waals surface area contributed by atoms with Crippen LogP contribution < -0.4 is 4.74 Å². The lowest BCUT2D eigenvalue weighted by molar-refractivity contribution is 0.0600. The zero-order valence-electron chi connectivity index (χ0n) is 11.7. The maximum Gasteiger partial charge on any atom is 0.337 e. The summed E-state index contributed by atoms with van der Waals surface area (Å²) in [5.74, 6) is 1.92. The second-order valence-electron chi connectivity index (χ2n) is 4.87. The van der Waals surface area contributed by atoms with Gasteiger partial charge >= 0.3 is 5.97 Å². The van der Waals surface area contributed by atoms with Gasteiger partial charge in [-0.15, -0.1) is 11.8 Å². The molecule has 1 atom stereocenters. The van der Waals surface area contributed by atoms with Crippen LogP contribution in [0.15, 0.2) is 53.4 Å². The summed E-state index contributed by atoms with van der Waals surface area (Å²) in [6, 6.07) is 15.5. The van der Waals surface area contributed by atoms with Gasteiger partial charge in [-0.05, 0) is 35.9 Å². The molecule has 0 saturated carbocycles. The van der Waals surface area contributed by atoms with E-state index in [1.165, 1.54) is 17.6 Å². The van der Waals surface area contributed by atoms with Crippen LogP contribution in [0.25, 0.3) is 0 Å². The molecule has 2 aromatic rings. The number of carbonyl (C=O) groups is 1. The van der Waals surface area contributed by atoms with Gasteiger partial charge in [0.25, 0.3) is 0 Å². The van der Waals surface area contributed by atoms with Crippen molar-refractivity contribution in [1.82, 2.24) is 0 Å². The summed E-state index contributed by atoms with van der Waals surface area (Å²) < 4.78 is 10.5. The zero-order valence-corrected chi connectivity index (χ0v) is 12.6. The fraction of sp³-hybridized carbons (Fsp3) is 0.235. The fourth-order valence-corrected chi connectivity index (χ4v) is 3.60. The van der Waals surface area contributed by atoms with E-state index in [1.807, 2.05) is 11.8 Å². The van der Waals surface area contributed by atoms with Crippen molar-refractivity contribution in [3.8, 4) is 5.75 Å². The zero-order chi connectivity index (χ0) is 14.7. The number of thioether (sulfide) groups is 1. The van der Waals surface area contributed by atoms with Crippen LogP contribution in [-0.2, 0) is 4.74 Å². The van der Waals surface area contributed by atoms with Crippen LogP contribution in [0.2, 0.25) is 0 Å². The van der Waals surface area contributed by atoms with Crippen LogP contribution in [0, 0.1) is 0 Å². The van der Waals surface area contributed by atoms with E-state index in [0.717, 1.165) is 11.5 Å². The maximum absolute atomic E-state index is 11.4. The quantitative estimate of drug-likeness (QED) is 0.806. The average Bonchev–Trinajstić information content (AvgIpc) is 2.96. The second kappa shape index (κ2) is 6.22. The van der Waals surface area contributed by atoms with E-state index < -0.39 is 0 Å². The molecule has 3 rings (SSSR count). The van der Waals surface area contributed by atoms with Gasteiger partial charge < -0.3 is 9.47 Å². The Hall–Kier alpha value is -1.94. The summed E-state index contributed by atoms with van der Waals surface area (Å²) >= 11 is 1.88. The van der Waals surface area contributed by atoms with Gasteiger partial charge in [0, 0.05) is 16.6 Å². The van der Waals surface area contributed by atoms with Gasteiger partial charge in [-0.3, -0.25) is 0 Å². The molecule has 0 bridgehead atoms. The largest absolute Gasteiger partial charge is 0.493 e. The van der Waals surface area contributed by atoms with Crippen LogP contribution in [0.5, 0.6) is 5.75 Å². The van der Waals surface area contributed by atoms with Crippen molar-refractivity contribution in [2.45, 2.75) is 10.8 Å². The topological polar surface area (TPSA) is 35.5 Å². The first-order valence-electron chi connectivity index (χ1n) is 6.81. The highest BCUT2D eigenvalue weighted by atomic mass is 32.2. The molecule has 0 aliphatic carbocycles. The lowest BCUT2D eigenvalue weighted by Crippen LogP contribution is -2.10. The van der Waals surface area contributed by atoms with Gasteiger partial charge in [0.1, 0.15) is 5.75 Å². The lowest BCUT2D eigenvalue weighted by Gasteiger charge is -2.12. The minimum absolute atomic E-state index is 0.331. The molecule has 4 heteroatoms. The molecular weight excluding hydrogens is 284 g/mol. The molecule has 1 heterocycles. The molecule has 108 valence electrons. The summed E-state index contributed by atoms with van der Waals surface area (Å²) in [6.07, 6.45) is 0. The number of esters is 1. The van der Waals surface area contributed by atoms with E-state index in [2.05, 4.69) is 29.0 Å². The molecule has 0 fully saturated rings. The third-order valence-electron chi connectivity index (χ3n) is 3.53. The molecule has 0 amide bonds. The third kappa shape index (κ3) is 3.05. The highest BCUT2D eigenvalue weighted by Crippen LogP contribution is 2.39. The summed E-state index contributed by atoms with van der Waals surface area (Å²) in [5, 5.41) is 0. The molecule has 1 aliphatic heterocycles. The summed E-state index contributed by atoms with van der Waals surface area (Å²) in [6.45, 7) is 0.654. The van der Waals surface area contributed by atoms with Crippen molar-refractivity contribution in [3.63, 3.8) is 0 Å². The predicted molar refractivity (Wildman–Crippen MR) is 83.2 cm³/mol. The average molecular weight is 300 g/mol. The van der Waals surface area contributed by atoms with E-state index in [0.29, 0.717) is 18.1 Å². The van der Waals surface area contributed by atoms with Gasteiger partial charge in [-0.2, -0.15) is 0 Å². The maximum atomic E-state index is 11.4. The fourth-order valence-electron chi connectivity index (χ4n) is 2.37. The molecule has 21 heavy (non-hydrogen) atoms. The van der Waals surface area contributed by atoms with Crippen LogP contribution in [0.3, 0.4) is 0 Å². The Labute approximate surface area is 128 Å². The number of methoxy groups -OCH3 is 1. The van der Waals surface area contributed by atoms with Crippen LogP contribution in [0.4, 0.5) is 0 Å². The van der Waals surface area contributed by atoms with E-state index in [-0.39, 0.29) is 5.97 Å². The van der Waals surface area contributed by atoms with Crippen LogP contribution in [0.1, 0.15) is 21.8 Å². The Morgan fingerprint density at radius 1 is 1.19 bits per heavy atom. The molecule has 0 saturated heterocycles. The first-order valence-corrected chi connectivity index (χ1v) is 7.79. The predicted octanol–water partition coefficient (Wildman–Crippen LogP) is 3.74. The number of carbonyl (C=O) groups excluding carboxylic acids is 1. The molecule has 0 aromatic heterocycles. The molecule has 0 N–H and O–H groups in total. The molecule has 2 aromatic carbocycles. The lowest BCUT2D eigenvalue weighted by atomic mass is 10.0. The van der Waals surface area contributed by atoms with Gasteiger partial charge in [0.2, 0.25) is 0 Å². The Bertz CT molecular complexity index is 637. The van der Waals surface area contributed by atoms with Gasteiger partial charge in [-0.1, -0.05) is 18.2 Å². The minimum Gasteiger partial charge on any atom is -0.493 e. The number of benzene rings is 2. The van der Waals surface area contributed by atoms with Crippen molar-refractivity contribution >= 4 is 17.7 Å². The number of fused-ring (bicyclic) bond motifs is 1. The summed E-state index contributed by atoms with van der Waals surface area (Å²) in [5.41, 5.74) is 1.90. The molecular formula is C17H16O3S. The minimum atomic E-state index is -0.331. The van der Waals surface area contributed by atoms with E-state index >= 15 is 0 Å². The first-order chi connectivity index (χ1) is 10.3.